The molecule has 0 unspecified atom stereocenters. The van der Waals surface area contributed by atoms with E-state index in [2.05, 4.69) is 5.32 Å². The molecule has 6 heteroatoms. The monoisotopic (exact) mass is 228 g/mol. The number of carbonyl (C=O) groups is 3. The van der Waals surface area contributed by atoms with Crippen molar-refractivity contribution in [3.63, 3.8) is 0 Å². The van der Waals surface area contributed by atoms with Gasteiger partial charge in [-0.3, -0.25) is 9.59 Å². The highest BCUT2D eigenvalue weighted by Crippen LogP contribution is 2.26. The normalized spacial score (nSPS) is 17.2. The summed E-state index contributed by atoms with van der Waals surface area (Å²) in [4.78, 5) is 32.8. The number of carboxylic acids is 1. The fraction of sp³-hybridized carbons (Fsp3) is 0.700. The number of nitrogens with one attached hydrogen (secondary N) is 1. The van der Waals surface area contributed by atoms with Crippen LogP contribution in [0, 0.1) is 5.92 Å². The van der Waals surface area contributed by atoms with E-state index in [9.17, 15) is 14.4 Å². The molecule has 0 saturated heterocycles. The SMILES string of the molecule is NC(=O)CC[C@H](NC(=O)C1CCC1)C(=O)O. The van der Waals surface area contributed by atoms with Crippen molar-refractivity contribution in [2.24, 2.45) is 11.7 Å². The van der Waals surface area contributed by atoms with Crippen LogP contribution in [-0.2, 0) is 14.4 Å². The summed E-state index contributed by atoms with van der Waals surface area (Å²) in [6.45, 7) is 0. The van der Waals surface area contributed by atoms with Gasteiger partial charge >= 0.3 is 5.97 Å². The molecule has 1 saturated carbocycles. The van der Waals surface area contributed by atoms with Gasteiger partial charge in [0.15, 0.2) is 0 Å². The lowest BCUT2D eigenvalue weighted by atomic mass is 9.84. The van der Waals surface area contributed by atoms with Gasteiger partial charge in [0.1, 0.15) is 6.04 Å². The molecular weight excluding hydrogens is 212 g/mol. The van der Waals surface area contributed by atoms with Crippen LogP contribution in [-0.4, -0.2) is 28.9 Å². The van der Waals surface area contributed by atoms with Crippen molar-refractivity contribution < 1.29 is 19.5 Å². The molecule has 0 spiro atoms. The first-order valence-electron chi connectivity index (χ1n) is 5.32. The van der Waals surface area contributed by atoms with E-state index in [-0.39, 0.29) is 24.7 Å². The number of rotatable bonds is 6. The molecule has 1 fully saturated rings. The highest BCUT2D eigenvalue weighted by atomic mass is 16.4. The zero-order chi connectivity index (χ0) is 12.1. The van der Waals surface area contributed by atoms with Crippen molar-refractivity contribution in [3.05, 3.63) is 0 Å². The van der Waals surface area contributed by atoms with Crippen molar-refractivity contribution in [2.75, 3.05) is 0 Å². The van der Waals surface area contributed by atoms with Crippen molar-refractivity contribution in [1.29, 1.82) is 0 Å². The highest BCUT2D eigenvalue weighted by molar-refractivity contribution is 5.85. The minimum atomic E-state index is -1.13. The average molecular weight is 228 g/mol. The van der Waals surface area contributed by atoms with Gasteiger partial charge in [0.25, 0.3) is 0 Å². The third kappa shape index (κ3) is 3.52. The second-order valence-corrected chi connectivity index (χ2v) is 4.03. The van der Waals surface area contributed by atoms with E-state index >= 15 is 0 Å². The van der Waals surface area contributed by atoms with Crippen LogP contribution in [0.4, 0.5) is 0 Å². The van der Waals surface area contributed by atoms with Crippen LogP contribution in [0.25, 0.3) is 0 Å². The molecule has 0 radical (unpaired) electrons. The predicted octanol–water partition coefficient (Wildman–Crippen LogP) is -0.379. The van der Waals surface area contributed by atoms with Crippen LogP contribution in [0.15, 0.2) is 0 Å². The minimum absolute atomic E-state index is 0.0398. The predicted molar refractivity (Wildman–Crippen MR) is 55.3 cm³/mol. The van der Waals surface area contributed by atoms with Crippen molar-refractivity contribution in [2.45, 2.75) is 38.1 Å². The van der Waals surface area contributed by atoms with Crippen LogP contribution in [0.2, 0.25) is 0 Å². The summed E-state index contributed by atoms with van der Waals surface area (Å²) in [5, 5.41) is 11.3. The van der Waals surface area contributed by atoms with Gasteiger partial charge in [-0.15, -0.1) is 0 Å². The first kappa shape index (κ1) is 12.5. The van der Waals surface area contributed by atoms with E-state index in [4.69, 9.17) is 10.8 Å². The molecule has 90 valence electrons. The summed E-state index contributed by atoms with van der Waals surface area (Å²) in [7, 11) is 0. The second-order valence-electron chi connectivity index (χ2n) is 4.03. The molecule has 1 aliphatic rings. The fourth-order valence-electron chi connectivity index (χ4n) is 1.50. The molecule has 1 rings (SSSR count). The third-order valence-corrected chi connectivity index (χ3v) is 2.77. The molecule has 0 aromatic rings. The Hall–Kier alpha value is -1.59. The van der Waals surface area contributed by atoms with Crippen molar-refractivity contribution in [1.82, 2.24) is 5.32 Å². The van der Waals surface area contributed by atoms with Gasteiger partial charge in [-0.2, -0.15) is 0 Å². The maximum atomic E-state index is 11.5. The van der Waals surface area contributed by atoms with Crippen LogP contribution in [0.1, 0.15) is 32.1 Å². The molecule has 16 heavy (non-hydrogen) atoms. The molecule has 6 nitrogen and oxygen atoms in total. The average Bonchev–Trinajstić information content (AvgIpc) is 2.08. The van der Waals surface area contributed by atoms with E-state index in [0.717, 1.165) is 19.3 Å². The second kappa shape index (κ2) is 5.48. The van der Waals surface area contributed by atoms with Crippen molar-refractivity contribution in [3.8, 4) is 0 Å². The number of aliphatic carboxylic acids is 1. The Labute approximate surface area is 93.2 Å². The Morgan fingerprint density at radius 1 is 1.38 bits per heavy atom. The molecule has 1 atom stereocenters. The van der Waals surface area contributed by atoms with Gasteiger partial charge < -0.3 is 16.2 Å². The van der Waals surface area contributed by atoms with Gasteiger partial charge in [0.2, 0.25) is 11.8 Å². The summed E-state index contributed by atoms with van der Waals surface area (Å²) < 4.78 is 0. The molecule has 2 amide bonds. The van der Waals surface area contributed by atoms with Gasteiger partial charge in [-0.1, -0.05) is 6.42 Å². The standard InChI is InChI=1S/C10H16N2O4/c11-8(13)5-4-7(10(15)16)12-9(14)6-2-1-3-6/h6-7H,1-5H2,(H2,11,13)(H,12,14)(H,15,16)/t7-/m0/s1. The number of primary amides is 1. The maximum absolute atomic E-state index is 11.5. The highest BCUT2D eigenvalue weighted by Gasteiger charge is 2.29. The zero-order valence-corrected chi connectivity index (χ0v) is 8.94. The Kier molecular flexibility index (Phi) is 4.28. The van der Waals surface area contributed by atoms with Crippen LogP contribution < -0.4 is 11.1 Å². The molecule has 0 bridgehead atoms. The lowest BCUT2D eigenvalue weighted by Gasteiger charge is -2.25. The number of amides is 2. The summed E-state index contributed by atoms with van der Waals surface area (Å²) in [6, 6.07) is -1.01. The number of carboxylic acid groups (broad SMARTS) is 1. The molecule has 0 aliphatic heterocycles. The Morgan fingerprint density at radius 3 is 2.38 bits per heavy atom. The Morgan fingerprint density at radius 2 is 2.00 bits per heavy atom. The van der Waals surface area contributed by atoms with E-state index < -0.39 is 17.9 Å². The van der Waals surface area contributed by atoms with E-state index in [1.165, 1.54) is 0 Å². The fourth-order valence-corrected chi connectivity index (χ4v) is 1.50. The summed E-state index contributed by atoms with van der Waals surface area (Å²) >= 11 is 0. The first-order chi connectivity index (χ1) is 7.50. The van der Waals surface area contributed by atoms with Crippen LogP contribution in [0.5, 0.6) is 0 Å². The Balaban J connectivity index is 2.40. The van der Waals surface area contributed by atoms with Gasteiger partial charge in [0.05, 0.1) is 0 Å². The third-order valence-electron chi connectivity index (χ3n) is 2.77. The molecule has 0 aromatic carbocycles. The lowest BCUT2D eigenvalue weighted by molar-refractivity contribution is -0.143. The number of hydrogen-bond acceptors (Lipinski definition) is 3. The first-order valence-corrected chi connectivity index (χ1v) is 5.32. The molecular formula is C10H16N2O4. The van der Waals surface area contributed by atoms with E-state index in [0.29, 0.717) is 0 Å². The molecule has 0 heterocycles. The summed E-state index contributed by atoms with van der Waals surface area (Å²) in [6.07, 6.45) is 2.64. The van der Waals surface area contributed by atoms with Crippen LogP contribution in [0.3, 0.4) is 0 Å². The van der Waals surface area contributed by atoms with E-state index in [1.54, 1.807) is 0 Å². The summed E-state index contributed by atoms with van der Waals surface area (Å²) in [5.41, 5.74) is 4.92. The number of carbonyl (C=O) groups excluding carboxylic acids is 2. The number of hydrogen-bond donors (Lipinski definition) is 3. The van der Waals surface area contributed by atoms with E-state index in [1.807, 2.05) is 0 Å². The number of nitrogens with two attached hydrogens (primary N) is 1. The van der Waals surface area contributed by atoms with Gasteiger partial charge in [-0.05, 0) is 19.3 Å². The zero-order valence-electron chi connectivity index (χ0n) is 8.94. The van der Waals surface area contributed by atoms with Crippen molar-refractivity contribution >= 4 is 17.8 Å². The largest absolute Gasteiger partial charge is 0.480 e. The summed E-state index contributed by atoms with van der Waals surface area (Å²) in [5.74, 6) is -1.99. The smallest absolute Gasteiger partial charge is 0.326 e. The van der Waals surface area contributed by atoms with Gasteiger partial charge in [0, 0.05) is 12.3 Å². The quantitative estimate of drug-likeness (QED) is 0.575. The maximum Gasteiger partial charge on any atom is 0.326 e. The molecule has 4 N–H and O–H groups in total. The Bertz CT molecular complexity index is 299. The van der Waals surface area contributed by atoms with Crippen LogP contribution >= 0.6 is 0 Å². The lowest BCUT2D eigenvalue weighted by Crippen LogP contribution is -2.45. The topological polar surface area (TPSA) is 109 Å². The molecule has 0 aromatic heterocycles. The minimum Gasteiger partial charge on any atom is -0.480 e. The van der Waals surface area contributed by atoms with Gasteiger partial charge in [-0.25, -0.2) is 4.79 Å². The molecule has 1 aliphatic carbocycles.